The second kappa shape index (κ2) is 10.2. The molecule has 3 aromatic rings. The number of carbonyl (C=O) groups excluding carboxylic acids is 2. The maximum atomic E-state index is 12.8. The van der Waals surface area contributed by atoms with E-state index in [2.05, 4.69) is 4.74 Å². The van der Waals surface area contributed by atoms with Crippen LogP contribution in [0.1, 0.15) is 43.0 Å². The second-order valence-electron chi connectivity index (χ2n) is 7.69. The van der Waals surface area contributed by atoms with Gasteiger partial charge in [-0.25, -0.2) is 9.59 Å². The largest absolute Gasteiger partial charge is 0.507 e. The molecule has 0 aliphatic heterocycles. The molecule has 0 unspecified atom stereocenters. The second-order valence-corrected chi connectivity index (χ2v) is 7.69. The van der Waals surface area contributed by atoms with Crippen molar-refractivity contribution in [2.75, 3.05) is 14.2 Å². The zero-order valence-corrected chi connectivity index (χ0v) is 19.6. The van der Waals surface area contributed by atoms with E-state index in [0.717, 1.165) is 17.4 Å². The zero-order chi connectivity index (χ0) is 25.0. The van der Waals surface area contributed by atoms with Crippen LogP contribution in [0.4, 0.5) is 0 Å². The molecule has 0 aromatic heterocycles. The summed E-state index contributed by atoms with van der Waals surface area (Å²) in [7, 11) is 2.79. The molecule has 34 heavy (non-hydrogen) atoms. The lowest BCUT2D eigenvalue weighted by atomic mass is 10.0. The fraction of sp³-hybridized carbons (Fsp3) is 0.231. The molecule has 3 aromatic carbocycles. The summed E-state index contributed by atoms with van der Waals surface area (Å²) in [6, 6.07) is 11.6. The zero-order valence-electron chi connectivity index (χ0n) is 19.6. The number of aromatic hydroxyl groups is 2. The van der Waals surface area contributed by atoms with E-state index in [1.165, 1.54) is 13.2 Å². The Kier molecular flexibility index (Phi) is 7.31. The van der Waals surface area contributed by atoms with Crippen molar-refractivity contribution >= 4 is 11.9 Å². The van der Waals surface area contributed by atoms with Gasteiger partial charge in [0.15, 0.2) is 0 Å². The molecule has 8 heteroatoms. The number of esters is 2. The molecule has 0 heterocycles. The van der Waals surface area contributed by atoms with E-state index in [-0.39, 0.29) is 35.0 Å². The average molecular weight is 466 g/mol. The van der Waals surface area contributed by atoms with Crippen LogP contribution in [0.5, 0.6) is 28.7 Å². The third-order valence-corrected chi connectivity index (χ3v) is 5.35. The van der Waals surface area contributed by atoms with E-state index in [0.29, 0.717) is 22.4 Å². The van der Waals surface area contributed by atoms with Crippen molar-refractivity contribution in [2.45, 2.75) is 27.4 Å². The van der Waals surface area contributed by atoms with Crippen molar-refractivity contribution in [1.29, 1.82) is 0 Å². The van der Waals surface area contributed by atoms with Gasteiger partial charge in [-0.3, -0.25) is 0 Å². The highest BCUT2D eigenvalue weighted by atomic mass is 16.5. The van der Waals surface area contributed by atoms with Crippen molar-refractivity contribution in [1.82, 2.24) is 0 Å². The van der Waals surface area contributed by atoms with Gasteiger partial charge in [0.05, 0.1) is 14.2 Å². The van der Waals surface area contributed by atoms with Gasteiger partial charge in [0.1, 0.15) is 46.5 Å². The average Bonchev–Trinajstić information content (AvgIpc) is 2.80. The summed E-state index contributed by atoms with van der Waals surface area (Å²) in [4.78, 5) is 24.6. The van der Waals surface area contributed by atoms with Gasteiger partial charge in [0.25, 0.3) is 0 Å². The van der Waals surface area contributed by atoms with Crippen LogP contribution in [-0.4, -0.2) is 36.4 Å². The first-order valence-electron chi connectivity index (χ1n) is 10.4. The quantitative estimate of drug-likeness (QED) is 0.383. The van der Waals surface area contributed by atoms with Crippen LogP contribution in [0.25, 0.3) is 0 Å². The number of hydrogen-bond donors (Lipinski definition) is 2. The Morgan fingerprint density at radius 2 is 1.47 bits per heavy atom. The van der Waals surface area contributed by atoms with Crippen LogP contribution < -0.4 is 14.2 Å². The van der Waals surface area contributed by atoms with Gasteiger partial charge in [-0.1, -0.05) is 12.1 Å². The van der Waals surface area contributed by atoms with Gasteiger partial charge in [-0.2, -0.15) is 0 Å². The van der Waals surface area contributed by atoms with Gasteiger partial charge < -0.3 is 29.2 Å². The van der Waals surface area contributed by atoms with Gasteiger partial charge in [-0.15, -0.1) is 0 Å². The Bertz CT molecular complexity index is 1210. The highest BCUT2D eigenvalue weighted by Crippen LogP contribution is 2.35. The minimum atomic E-state index is -0.815. The lowest BCUT2D eigenvalue weighted by Gasteiger charge is -2.16. The van der Waals surface area contributed by atoms with E-state index in [4.69, 9.17) is 14.2 Å². The first-order valence-corrected chi connectivity index (χ1v) is 10.4. The predicted octanol–water partition coefficient (Wildman–Crippen LogP) is 4.62. The first-order chi connectivity index (χ1) is 16.2. The molecule has 0 radical (unpaired) electrons. The van der Waals surface area contributed by atoms with Crippen molar-refractivity contribution in [2.24, 2.45) is 0 Å². The molecule has 0 spiro atoms. The van der Waals surface area contributed by atoms with Crippen LogP contribution in [0.15, 0.2) is 42.5 Å². The lowest BCUT2D eigenvalue weighted by Crippen LogP contribution is -2.13. The normalized spacial score (nSPS) is 10.5. The van der Waals surface area contributed by atoms with Crippen molar-refractivity contribution in [3.05, 3.63) is 75.8 Å². The lowest BCUT2D eigenvalue weighted by molar-refractivity contribution is 0.0596. The van der Waals surface area contributed by atoms with Crippen LogP contribution in [0.2, 0.25) is 0 Å². The molecule has 8 nitrogen and oxygen atoms in total. The van der Waals surface area contributed by atoms with Crippen LogP contribution >= 0.6 is 0 Å². The molecule has 0 aliphatic rings. The summed E-state index contributed by atoms with van der Waals surface area (Å²) < 4.78 is 21.0. The molecule has 0 saturated carbocycles. The summed E-state index contributed by atoms with van der Waals surface area (Å²) in [5.41, 5.74) is 2.07. The van der Waals surface area contributed by atoms with Crippen molar-refractivity contribution < 1.29 is 38.7 Å². The van der Waals surface area contributed by atoms with Crippen molar-refractivity contribution in [3.63, 3.8) is 0 Å². The third-order valence-electron chi connectivity index (χ3n) is 5.35. The minimum Gasteiger partial charge on any atom is -0.507 e. The molecular formula is C26H26O8. The molecule has 2 N–H and O–H groups in total. The van der Waals surface area contributed by atoms with Crippen molar-refractivity contribution in [3.8, 4) is 28.7 Å². The topological polar surface area (TPSA) is 112 Å². The Morgan fingerprint density at radius 1 is 0.824 bits per heavy atom. The van der Waals surface area contributed by atoms with Gasteiger partial charge in [-0.05, 0) is 61.7 Å². The number of aryl methyl sites for hydroxylation is 2. The number of hydrogen-bond acceptors (Lipinski definition) is 8. The minimum absolute atomic E-state index is 0.0175. The van der Waals surface area contributed by atoms with E-state index in [1.54, 1.807) is 33.9 Å². The van der Waals surface area contributed by atoms with Crippen LogP contribution in [0.3, 0.4) is 0 Å². The standard InChI is InChI=1S/C26H26O8/c1-14-10-19(12-20(27)22(14)25(29)32-5)34-26(30)23-15(2)11-21(16(3)24(23)28)33-13-17-6-8-18(31-4)9-7-17/h6-12,27-28H,13H2,1-5H3. The van der Waals surface area contributed by atoms with Gasteiger partial charge >= 0.3 is 11.9 Å². The third kappa shape index (κ3) is 5.06. The monoisotopic (exact) mass is 466 g/mol. The fourth-order valence-corrected chi connectivity index (χ4v) is 3.48. The smallest absolute Gasteiger partial charge is 0.347 e. The van der Waals surface area contributed by atoms with E-state index >= 15 is 0 Å². The number of phenolic OH excluding ortho intramolecular Hbond substituents is 2. The molecule has 0 atom stereocenters. The maximum Gasteiger partial charge on any atom is 0.347 e. The molecule has 0 aliphatic carbocycles. The highest BCUT2D eigenvalue weighted by molar-refractivity contribution is 5.97. The Morgan fingerprint density at radius 3 is 2.06 bits per heavy atom. The summed E-state index contributed by atoms with van der Waals surface area (Å²) in [5.74, 6) is -0.982. The molecule has 0 fully saturated rings. The Hall–Kier alpha value is -4.20. The molecule has 0 bridgehead atoms. The SMILES string of the molecule is COC(=O)c1c(C)cc(OC(=O)c2c(C)cc(OCc3ccc(OC)cc3)c(C)c2O)cc1O. The number of phenols is 2. The predicted molar refractivity (Wildman–Crippen MR) is 124 cm³/mol. The van der Waals surface area contributed by atoms with E-state index in [1.807, 2.05) is 24.3 Å². The molecular weight excluding hydrogens is 440 g/mol. The number of ether oxygens (including phenoxy) is 4. The Balaban J connectivity index is 1.81. The molecule has 3 rings (SSSR count). The van der Waals surface area contributed by atoms with Gasteiger partial charge in [0, 0.05) is 11.6 Å². The molecule has 0 amide bonds. The first kappa shape index (κ1) is 24.4. The Labute approximate surface area is 197 Å². The summed E-state index contributed by atoms with van der Waals surface area (Å²) in [5, 5.41) is 20.9. The van der Waals surface area contributed by atoms with E-state index < -0.39 is 11.9 Å². The number of methoxy groups -OCH3 is 2. The van der Waals surface area contributed by atoms with Crippen LogP contribution in [0, 0.1) is 20.8 Å². The highest BCUT2D eigenvalue weighted by Gasteiger charge is 2.23. The molecule has 0 saturated heterocycles. The van der Waals surface area contributed by atoms with Gasteiger partial charge in [0.2, 0.25) is 0 Å². The number of rotatable bonds is 7. The summed E-state index contributed by atoms with van der Waals surface area (Å²) >= 11 is 0. The summed E-state index contributed by atoms with van der Waals surface area (Å²) in [6.07, 6.45) is 0. The molecule has 178 valence electrons. The number of carbonyl (C=O) groups is 2. The summed E-state index contributed by atoms with van der Waals surface area (Å²) in [6.45, 7) is 5.12. The number of benzene rings is 3. The van der Waals surface area contributed by atoms with E-state index in [9.17, 15) is 19.8 Å². The van der Waals surface area contributed by atoms with Crippen LogP contribution in [-0.2, 0) is 11.3 Å². The maximum absolute atomic E-state index is 12.8. The fourth-order valence-electron chi connectivity index (χ4n) is 3.48.